The van der Waals surface area contributed by atoms with E-state index in [1.807, 2.05) is 77.9 Å². The number of ether oxygens (including phenoxy) is 3. The lowest BCUT2D eigenvalue weighted by atomic mass is 9.84. The van der Waals surface area contributed by atoms with Gasteiger partial charge in [0.15, 0.2) is 4.90 Å². The van der Waals surface area contributed by atoms with Crippen LogP contribution in [0.25, 0.3) is 22.3 Å². The summed E-state index contributed by atoms with van der Waals surface area (Å²) in [7, 11) is -4.76. The van der Waals surface area contributed by atoms with Gasteiger partial charge in [-0.15, -0.1) is 23.5 Å². The summed E-state index contributed by atoms with van der Waals surface area (Å²) in [6.07, 6.45) is -1.84. The maximum Gasteiger partial charge on any atom is 0.307 e. The second-order valence-electron chi connectivity index (χ2n) is 18.6. The summed E-state index contributed by atoms with van der Waals surface area (Å²) in [6, 6.07) is 32.0. The van der Waals surface area contributed by atoms with E-state index in [0.717, 1.165) is 88.3 Å². The predicted octanol–water partition coefficient (Wildman–Crippen LogP) is 13.5. The van der Waals surface area contributed by atoms with Crippen molar-refractivity contribution in [1.29, 1.82) is 0 Å². The third-order valence-corrected chi connectivity index (χ3v) is 15.7. The first-order valence-electron chi connectivity index (χ1n) is 24.0. The van der Waals surface area contributed by atoms with E-state index >= 15 is 4.39 Å². The van der Waals surface area contributed by atoms with E-state index < -0.39 is 61.4 Å². The fraction of sp³-hybridized carbons (Fsp3) is 0.351. The topological polar surface area (TPSA) is 146 Å². The van der Waals surface area contributed by atoms with E-state index in [9.17, 15) is 28.4 Å². The maximum absolute atomic E-state index is 17.2. The van der Waals surface area contributed by atoms with Gasteiger partial charge in [0.05, 0.1) is 42.9 Å². The smallest absolute Gasteiger partial charge is 0.307 e. The largest absolute Gasteiger partial charge is 0.460 e. The van der Waals surface area contributed by atoms with Crippen molar-refractivity contribution in [2.45, 2.75) is 108 Å². The number of aliphatic hydroxyl groups is 1. The fourth-order valence-electron chi connectivity index (χ4n) is 8.94. The Bertz CT molecular complexity index is 2950. The molecule has 0 radical (unpaired) electrons. The molecular formula is C57H65FN2O9S3. The molecule has 0 saturated heterocycles. The third kappa shape index (κ3) is 14.1. The highest BCUT2D eigenvalue weighted by molar-refractivity contribution is 7.99. The summed E-state index contributed by atoms with van der Waals surface area (Å²) >= 11 is 3.41. The molecular weight excluding hydrogens is 972 g/mol. The van der Waals surface area contributed by atoms with Crippen molar-refractivity contribution in [3.05, 3.63) is 170 Å². The number of para-hydroxylation sites is 1. The molecule has 6 aromatic rings. The van der Waals surface area contributed by atoms with E-state index in [-0.39, 0.29) is 17.8 Å². The van der Waals surface area contributed by atoms with Gasteiger partial charge < -0.3 is 19.3 Å². The molecule has 0 spiro atoms. The van der Waals surface area contributed by atoms with Crippen LogP contribution in [-0.2, 0) is 35.6 Å². The Balaban J connectivity index is 1.41. The monoisotopic (exact) mass is 1040 g/mol. The molecule has 382 valence electrons. The number of nitro benzene ring substituents is 1. The number of carbonyl (C=O) groups is 1. The molecule has 11 nitrogen and oxygen atoms in total. The number of hydrogen-bond acceptors (Lipinski definition) is 11. The molecule has 6 aromatic carbocycles. The number of thioether (sulfide) groups is 2. The number of halogens is 1. The Morgan fingerprint density at radius 2 is 1.29 bits per heavy atom. The molecule has 0 aliphatic heterocycles. The number of anilines is 1. The van der Waals surface area contributed by atoms with Crippen molar-refractivity contribution >= 4 is 50.9 Å². The van der Waals surface area contributed by atoms with Crippen molar-refractivity contribution in [1.82, 2.24) is 0 Å². The fourth-order valence-corrected chi connectivity index (χ4v) is 12.5. The van der Waals surface area contributed by atoms with Crippen LogP contribution in [0.2, 0.25) is 0 Å². The number of aryl methyl sites for hydroxylation is 4. The zero-order valence-corrected chi connectivity index (χ0v) is 44.9. The molecule has 0 aliphatic rings. The van der Waals surface area contributed by atoms with E-state index in [2.05, 4.69) is 24.3 Å². The number of carbonyl (C=O) groups excluding carboxylic acids is 1. The van der Waals surface area contributed by atoms with Gasteiger partial charge in [0.2, 0.25) is 0 Å². The average molecular weight is 1040 g/mol. The van der Waals surface area contributed by atoms with Gasteiger partial charge in [-0.2, -0.15) is 0 Å². The number of nitrogens with zero attached hydrogens (tertiary/aromatic N) is 2. The molecule has 0 saturated carbocycles. The Hall–Kier alpha value is -5.55. The van der Waals surface area contributed by atoms with Gasteiger partial charge >= 0.3 is 5.97 Å². The summed E-state index contributed by atoms with van der Waals surface area (Å²) in [4.78, 5) is 26.8. The van der Waals surface area contributed by atoms with Gasteiger partial charge in [0, 0.05) is 46.5 Å². The highest BCUT2D eigenvalue weighted by Gasteiger charge is 2.35. The van der Waals surface area contributed by atoms with Crippen LogP contribution in [0.5, 0.6) is 0 Å². The van der Waals surface area contributed by atoms with Crippen molar-refractivity contribution in [2.24, 2.45) is 0 Å². The Morgan fingerprint density at radius 1 is 0.750 bits per heavy atom. The van der Waals surface area contributed by atoms with Gasteiger partial charge in [-0.05, 0) is 178 Å². The first-order chi connectivity index (χ1) is 34.2. The molecule has 2 atom stereocenters. The molecule has 15 heteroatoms. The minimum atomic E-state index is -4.76. The van der Waals surface area contributed by atoms with E-state index in [1.165, 1.54) is 24.3 Å². The van der Waals surface area contributed by atoms with E-state index in [1.54, 1.807) is 56.4 Å². The van der Waals surface area contributed by atoms with Gasteiger partial charge in [-0.3, -0.25) is 19.2 Å². The summed E-state index contributed by atoms with van der Waals surface area (Å²) in [5.41, 5.74) is 6.97. The molecule has 0 heterocycles. The second kappa shape index (κ2) is 24.9. The lowest BCUT2D eigenvalue weighted by Gasteiger charge is -2.28. The van der Waals surface area contributed by atoms with Crippen LogP contribution in [0.15, 0.2) is 130 Å². The minimum Gasteiger partial charge on any atom is -0.460 e. The van der Waals surface area contributed by atoms with Crippen LogP contribution < -0.4 is 4.31 Å². The van der Waals surface area contributed by atoms with Crippen molar-refractivity contribution in [2.75, 3.05) is 42.2 Å². The molecule has 72 heavy (non-hydrogen) atoms. The SMILES string of the molecule is CCOCCSc1cc(C)c(-c2cccc(CN(c3ccc(C(CC(=O)OC(C)(C)C)C(O)c4cccc(-c5c(C)cc(SCCOCC)cc5C)c4)c(F)c3)S(=O)(=O)c3ccccc3[N+](=O)[O-])c2)c(C)c1. The Labute approximate surface area is 432 Å². The molecule has 0 aromatic heterocycles. The summed E-state index contributed by atoms with van der Waals surface area (Å²) in [5, 5.41) is 24.6. The van der Waals surface area contributed by atoms with Gasteiger partial charge in [0.25, 0.3) is 15.7 Å². The lowest BCUT2D eigenvalue weighted by Crippen LogP contribution is -2.31. The highest BCUT2D eigenvalue weighted by Crippen LogP contribution is 2.41. The molecule has 0 aliphatic carbocycles. The third-order valence-electron chi connectivity index (χ3n) is 12.0. The number of rotatable bonds is 23. The minimum absolute atomic E-state index is 0.0567. The number of aliphatic hydroxyl groups excluding tert-OH is 1. The van der Waals surface area contributed by atoms with Crippen LogP contribution in [-0.4, -0.2) is 68.0 Å². The number of benzene rings is 6. The zero-order valence-electron chi connectivity index (χ0n) is 42.5. The molecule has 0 amide bonds. The molecule has 0 bridgehead atoms. The Morgan fingerprint density at radius 3 is 1.82 bits per heavy atom. The number of esters is 1. The first kappa shape index (κ1) is 55.8. The van der Waals surface area contributed by atoms with Gasteiger partial charge in [-0.25, -0.2) is 12.8 Å². The van der Waals surface area contributed by atoms with Crippen molar-refractivity contribution < 1.29 is 41.8 Å². The van der Waals surface area contributed by atoms with Gasteiger partial charge in [0.1, 0.15) is 11.4 Å². The normalized spacial score (nSPS) is 12.7. The lowest BCUT2D eigenvalue weighted by molar-refractivity contribution is -0.387. The van der Waals surface area contributed by atoms with Crippen LogP contribution in [0.3, 0.4) is 0 Å². The number of sulfonamides is 1. The summed E-state index contributed by atoms with van der Waals surface area (Å²) in [6.45, 7) is 19.4. The van der Waals surface area contributed by atoms with Crippen LogP contribution in [0, 0.1) is 43.6 Å². The van der Waals surface area contributed by atoms with Crippen LogP contribution >= 0.6 is 23.5 Å². The second-order valence-corrected chi connectivity index (χ2v) is 22.7. The maximum atomic E-state index is 17.2. The van der Waals surface area contributed by atoms with E-state index in [4.69, 9.17) is 14.2 Å². The quantitative estimate of drug-likeness (QED) is 0.0215. The van der Waals surface area contributed by atoms with Crippen molar-refractivity contribution in [3.63, 3.8) is 0 Å². The standard InChI is InChI=1S/C57H65FN2O9S3/c1-10-67-24-26-70-46-28-37(3)54(38(4)29-46)42-17-14-16-41(32-42)36-59(72(65,66)52-21-13-12-20-51(52)60(63)64)45-22-23-48(50(58)34-45)49(35-53(61)69-57(7,8)9)56(62)44-19-15-18-43(33-44)55-39(5)30-47(31-40(55)6)71-27-25-68-11-2/h12-23,28-34,49,56,62H,10-11,24-27,35-36H2,1-9H3. The highest BCUT2D eigenvalue weighted by atomic mass is 32.2. The first-order valence-corrected chi connectivity index (χ1v) is 27.4. The summed E-state index contributed by atoms with van der Waals surface area (Å²) in [5.74, 6) is -1.14. The molecule has 2 unspecified atom stereocenters. The van der Waals surface area contributed by atoms with Crippen molar-refractivity contribution in [3.8, 4) is 22.3 Å². The molecule has 1 N–H and O–H groups in total. The molecule has 0 fully saturated rings. The molecule has 6 rings (SSSR count). The summed E-state index contributed by atoms with van der Waals surface area (Å²) < 4.78 is 64.6. The Kier molecular flexibility index (Phi) is 19.3. The number of nitro groups is 1. The van der Waals surface area contributed by atoms with E-state index in [0.29, 0.717) is 37.6 Å². The van der Waals surface area contributed by atoms with Crippen LogP contribution in [0.1, 0.15) is 92.0 Å². The van der Waals surface area contributed by atoms with Crippen LogP contribution in [0.4, 0.5) is 15.8 Å². The zero-order chi connectivity index (χ0) is 52.3. The predicted molar refractivity (Wildman–Crippen MR) is 288 cm³/mol. The number of hydrogen-bond donors (Lipinski definition) is 1. The average Bonchev–Trinajstić information content (AvgIpc) is 3.32. The van der Waals surface area contributed by atoms with Gasteiger partial charge in [-0.1, -0.05) is 54.6 Å².